The number of thiazole rings is 1. The summed E-state index contributed by atoms with van der Waals surface area (Å²) in [4.78, 5) is 32.5. The first-order chi connectivity index (χ1) is 20.7. The Morgan fingerprint density at radius 1 is 1.05 bits per heavy atom. The molecule has 0 radical (unpaired) electrons. The van der Waals surface area contributed by atoms with Gasteiger partial charge in [-0.2, -0.15) is 0 Å². The Kier molecular flexibility index (Phi) is 9.92. The van der Waals surface area contributed by atoms with Crippen molar-refractivity contribution in [2.24, 2.45) is 4.99 Å². The van der Waals surface area contributed by atoms with Crippen molar-refractivity contribution in [3.05, 3.63) is 115 Å². The summed E-state index contributed by atoms with van der Waals surface area (Å²) in [6, 6.07) is 18.5. The molecule has 1 aromatic heterocycles. The first-order valence-corrected chi connectivity index (χ1v) is 16.3. The zero-order valence-corrected chi connectivity index (χ0v) is 29.0. The zero-order valence-electron chi connectivity index (χ0n) is 23.9. The van der Waals surface area contributed by atoms with E-state index in [-0.39, 0.29) is 17.7 Å². The number of rotatable bonds is 9. The summed E-state index contributed by atoms with van der Waals surface area (Å²) in [6.07, 6.45) is 1.85. The molecule has 4 aromatic rings. The number of fused-ring (bicyclic) bond motifs is 1. The van der Waals surface area contributed by atoms with Crippen LogP contribution in [0.3, 0.4) is 0 Å². The van der Waals surface area contributed by atoms with E-state index in [4.69, 9.17) is 18.9 Å². The molecule has 11 heteroatoms. The van der Waals surface area contributed by atoms with Crippen LogP contribution in [-0.2, 0) is 16.1 Å². The monoisotopic (exact) mass is 822 g/mol. The molecule has 0 bridgehead atoms. The lowest BCUT2D eigenvalue weighted by atomic mass is 9.95. The normalized spacial score (nSPS) is 14.7. The molecule has 0 aliphatic carbocycles. The van der Waals surface area contributed by atoms with E-state index in [1.165, 1.54) is 11.3 Å². The molecule has 0 amide bonds. The largest absolute Gasteiger partial charge is 0.497 e. The fraction of sp³-hybridized carbons (Fsp3) is 0.219. The van der Waals surface area contributed by atoms with Crippen LogP contribution in [-0.4, -0.2) is 31.4 Å². The van der Waals surface area contributed by atoms with E-state index in [0.29, 0.717) is 38.7 Å². The number of halogens is 2. The van der Waals surface area contributed by atoms with E-state index >= 15 is 0 Å². The maximum Gasteiger partial charge on any atom is 0.338 e. The molecule has 0 saturated carbocycles. The zero-order chi connectivity index (χ0) is 30.7. The van der Waals surface area contributed by atoms with E-state index in [0.717, 1.165) is 24.0 Å². The Morgan fingerprint density at radius 3 is 2.42 bits per heavy atom. The van der Waals surface area contributed by atoms with Gasteiger partial charge in [0.2, 0.25) is 0 Å². The van der Waals surface area contributed by atoms with Gasteiger partial charge in [0.15, 0.2) is 4.80 Å². The molecule has 222 valence electrons. The standard InChI is InChI=1S/C32H28I2N2O6S/c1-5-41-31(38)27-18(2)35-32-36(28(27)22-12-11-21(39-3)16-25(22)40-4)30(37)26(43-32)15-20-13-23(33)29(24(34)14-20)42-17-19-9-7-6-8-10-19/h6-16,28H,5,17H2,1-4H3/b26-15-/t28-/m1/s1. The number of carbonyl (C=O) groups is 1. The third kappa shape index (κ3) is 6.53. The van der Waals surface area contributed by atoms with Gasteiger partial charge in [0.25, 0.3) is 5.56 Å². The van der Waals surface area contributed by atoms with Crippen LogP contribution >= 0.6 is 56.5 Å². The van der Waals surface area contributed by atoms with Gasteiger partial charge in [-0.1, -0.05) is 41.7 Å². The maximum absolute atomic E-state index is 14.1. The minimum Gasteiger partial charge on any atom is -0.497 e. The lowest BCUT2D eigenvalue weighted by Gasteiger charge is -2.26. The summed E-state index contributed by atoms with van der Waals surface area (Å²) < 4.78 is 26.5. The van der Waals surface area contributed by atoms with E-state index in [9.17, 15) is 9.59 Å². The van der Waals surface area contributed by atoms with Crippen LogP contribution < -0.4 is 29.1 Å². The van der Waals surface area contributed by atoms with Crippen LogP contribution in [0.2, 0.25) is 0 Å². The number of hydrogen-bond donors (Lipinski definition) is 0. The van der Waals surface area contributed by atoms with E-state index in [2.05, 4.69) is 50.2 Å². The second-order valence-electron chi connectivity index (χ2n) is 9.50. The fourth-order valence-electron chi connectivity index (χ4n) is 4.81. The van der Waals surface area contributed by atoms with Crippen LogP contribution in [0.1, 0.15) is 36.6 Å². The van der Waals surface area contributed by atoms with Gasteiger partial charge < -0.3 is 18.9 Å². The molecular formula is C32H28I2N2O6S. The van der Waals surface area contributed by atoms with Crippen LogP contribution in [0.25, 0.3) is 6.08 Å². The Morgan fingerprint density at radius 2 is 1.77 bits per heavy atom. The lowest BCUT2D eigenvalue weighted by Crippen LogP contribution is -2.40. The van der Waals surface area contributed by atoms with Gasteiger partial charge >= 0.3 is 5.97 Å². The summed E-state index contributed by atoms with van der Waals surface area (Å²) in [5.41, 5.74) is 3.06. The number of esters is 1. The number of hydrogen-bond acceptors (Lipinski definition) is 8. The SMILES string of the molecule is CCOC(=O)C1=C(C)N=c2s/c(=C\c3cc(I)c(OCc4ccccc4)c(I)c3)c(=O)n2[C@@H]1c1ccc(OC)cc1OC. The lowest BCUT2D eigenvalue weighted by molar-refractivity contribution is -0.139. The average molecular weight is 822 g/mol. The van der Waals surface area contributed by atoms with Crippen LogP contribution in [0.5, 0.6) is 17.2 Å². The minimum atomic E-state index is -0.799. The summed E-state index contributed by atoms with van der Waals surface area (Å²) in [6.45, 7) is 4.15. The van der Waals surface area contributed by atoms with Crippen molar-refractivity contribution in [1.82, 2.24) is 4.57 Å². The fourth-order valence-corrected chi connectivity index (χ4v) is 7.99. The predicted octanol–water partition coefficient (Wildman–Crippen LogP) is 5.60. The van der Waals surface area contributed by atoms with Crippen LogP contribution in [0.15, 0.2) is 81.7 Å². The molecule has 43 heavy (non-hydrogen) atoms. The van der Waals surface area contributed by atoms with Crippen molar-refractivity contribution in [2.75, 3.05) is 20.8 Å². The van der Waals surface area contributed by atoms with Crippen molar-refractivity contribution >= 4 is 68.6 Å². The Labute approximate surface area is 279 Å². The van der Waals surface area contributed by atoms with Crippen LogP contribution in [0.4, 0.5) is 0 Å². The Bertz CT molecular complexity index is 1880. The molecule has 2 heterocycles. The highest BCUT2D eigenvalue weighted by Crippen LogP contribution is 2.37. The quantitative estimate of drug-likeness (QED) is 0.162. The van der Waals surface area contributed by atoms with Crippen LogP contribution in [0, 0.1) is 7.14 Å². The molecule has 5 rings (SSSR count). The number of ether oxygens (including phenoxy) is 4. The second kappa shape index (κ2) is 13.6. The van der Waals surface area contributed by atoms with Gasteiger partial charge in [0.1, 0.15) is 29.9 Å². The smallest absolute Gasteiger partial charge is 0.338 e. The minimum absolute atomic E-state index is 0.189. The first kappa shape index (κ1) is 31.3. The molecule has 0 unspecified atom stereocenters. The van der Waals surface area contributed by atoms with Crippen molar-refractivity contribution in [2.45, 2.75) is 26.5 Å². The molecule has 1 atom stereocenters. The second-order valence-corrected chi connectivity index (χ2v) is 12.8. The highest BCUT2D eigenvalue weighted by atomic mass is 127. The third-order valence-corrected chi connectivity index (χ3v) is 9.38. The topological polar surface area (TPSA) is 88.4 Å². The van der Waals surface area contributed by atoms with Crippen molar-refractivity contribution < 1.29 is 23.7 Å². The van der Waals surface area contributed by atoms with E-state index in [1.807, 2.05) is 48.5 Å². The van der Waals surface area contributed by atoms with Gasteiger partial charge in [-0.15, -0.1) is 0 Å². The highest BCUT2D eigenvalue weighted by Gasteiger charge is 2.35. The molecule has 0 spiro atoms. The van der Waals surface area contributed by atoms with Crippen molar-refractivity contribution in [3.63, 3.8) is 0 Å². The Balaban J connectivity index is 1.60. The molecule has 1 aliphatic heterocycles. The maximum atomic E-state index is 14.1. The molecule has 1 aliphatic rings. The molecule has 0 N–H and O–H groups in total. The number of allylic oxidation sites excluding steroid dienone is 1. The van der Waals surface area contributed by atoms with Gasteiger partial charge in [-0.25, -0.2) is 9.79 Å². The van der Waals surface area contributed by atoms with Gasteiger partial charge in [-0.3, -0.25) is 9.36 Å². The van der Waals surface area contributed by atoms with Gasteiger partial charge in [0.05, 0.1) is 43.8 Å². The van der Waals surface area contributed by atoms with E-state index < -0.39 is 12.0 Å². The number of benzene rings is 3. The van der Waals surface area contributed by atoms with Gasteiger partial charge in [0, 0.05) is 11.6 Å². The van der Waals surface area contributed by atoms with Crippen molar-refractivity contribution in [3.8, 4) is 17.2 Å². The van der Waals surface area contributed by atoms with E-state index in [1.54, 1.807) is 50.8 Å². The Hall–Kier alpha value is -3.17. The molecule has 8 nitrogen and oxygen atoms in total. The highest BCUT2D eigenvalue weighted by molar-refractivity contribution is 14.1. The van der Waals surface area contributed by atoms with Gasteiger partial charge in [-0.05, 0) is 100 Å². The predicted molar refractivity (Wildman–Crippen MR) is 183 cm³/mol. The molecular weight excluding hydrogens is 794 g/mol. The average Bonchev–Trinajstić information content (AvgIpc) is 3.30. The summed E-state index contributed by atoms with van der Waals surface area (Å²) in [5.74, 6) is 1.33. The number of nitrogens with zero attached hydrogens (tertiary/aromatic N) is 2. The summed E-state index contributed by atoms with van der Waals surface area (Å²) in [5, 5.41) is 0. The molecule has 3 aromatic carbocycles. The number of aromatic nitrogens is 1. The molecule has 0 saturated heterocycles. The third-order valence-electron chi connectivity index (χ3n) is 6.80. The molecule has 0 fully saturated rings. The first-order valence-electron chi connectivity index (χ1n) is 13.3. The summed E-state index contributed by atoms with van der Waals surface area (Å²) >= 11 is 5.78. The summed E-state index contributed by atoms with van der Waals surface area (Å²) in [7, 11) is 3.11. The number of carbonyl (C=O) groups excluding carboxylic acids is 1. The van der Waals surface area contributed by atoms with Crippen molar-refractivity contribution in [1.29, 1.82) is 0 Å². The number of methoxy groups -OCH3 is 2.